The van der Waals surface area contributed by atoms with Crippen molar-refractivity contribution in [2.75, 3.05) is 32.1 Å². The number of anilines is 1. The Kier molecular flexibility index (Phi) is 7.42. The van der Waals surface area contributed by atoms with Crippen LogP contribution in [0.5, 0.6) is 11.5 Å². The van der Waals surface area contributed by atoms with Crippen molar-refractivity contribution < 1.29 is 19.1 Å². The van der Waals surface area contributed by atoms with Gasteiger partial charge in [0, 0.05) is 24.2 Å². The summed E-state index contributed by atoms with van der Waals surface area (Å²) in [5, 5.41) is 7.27. The number of hydrogen-bond donors (Lipinski definition) is 1. The Morgan fingerprint density at radius 3 is 2.57 bits per heavy atom. The fourth-order valence-electron chi connectivity index (χ4n) is 2.70. The van der Waals surface area contributed by atoms with Gasteiger partial charge in [-0.25, -0.2) is 4.98 Å². The summed E-state index contributed by atoms with van der Waals surface area (Å²) in [4.78, 5) is 31.8. The molecule has 30 heavy (non-hydrogen) atoms. The lowest BCUT2D eigenvalue weighted by atomic mass is 10.2. The first-order chi connectivity index (χ1) is 14.5. The van der Waals surface area contributed by atoms with Gasteiger partial charge in [0.15, 0.2) is 11.5 Å². The predicted octanol–water partition coefficient (Wildman–Crippen LogP) is 4.38. The highest BCUT2D eigenvalue weighted by atomic mass is 32.1. The van der Waals surface area contributed by atoms with Crippen molar-refractivity contribution in [2.45, 2.75) is 13.8 Å². The highest BCUT2D eigenvalue weighted by molar-refractivity contribution is 7.20. The predicted molar refractivity (Wildman–Crippen MR) is 120 cm³/mol. The molecule has 0 aliphatic rings. The standard InChI is InChI=1S/C21H23N3O4S2/c1-4-27-16-9-8-14(11-17(16)28-5-2)22-19(25)12-24(3)21(26)15-13-30-20(23-15)18-7-6-10-29-18/h6-11,13H,4-5,12H2,1-3H3,(H,22,25). The number of ether oxygens (including phenoxy) is 2. The molecule has 0 atom stereocenters. The Hall–Kier alpha value is -2.91. The van der Waals surface area contributed by atoms with E-state index in [-0.39, 0.29) is 18.4 Å². The molecule has 3 rings (SSSR count). The van der Waals surface area contributed by atoms with Crippen molar-refractivity contribution in [1.29, 1.82) is 0 Å². The molecule has 0 radical (unpaired) electrons. The average molecular weight is 446 g/mol. The molecular formula is C21H23N3O4S2. The van der Waals surface area contributed by atoms with Crippen LogP contribution in [0.2, 0.25) is 0 Å². The molecule has 7 nitrogen and oxygen atoms in total. The van der Waals surface area contributed by atoms with Crippen LogP contribution < -0.4 is 14.8 Å². The first-order valence-corrected chi connectivity index (χ1v) is 11.2. The second-order valence-corrected chi connectivity index (χ2v) is 8.06. The Bertz CT molecular complexity index is 1000. The van der Waals surface area contributed by atoms with Gasteiger partial charge in [-0.1, -0.05) is 6.07 Å². The quantitative estimate of drug-likeness (QED) is 0.529. The lowest BCUT2D eigenvalue weighted by Crippen LogP contribution is -2.35. The number of hydrogen-bond acceptors (Lipinski definition) is 7. The minimum atomic E-state index is -0.314. The summed E-state index contributed by atoms with van der Waals surface area (Å²) < 4.78 is 11.1. The van der Waals surface area contributed by atoms with Crippen LogP contribution in [0.4, 0.5) is 5.69 Å². The average Bonchev–Trinajstić information content (AvgIpc) is 3.41. The third-order valence-corrected chi connectivity index (χ3v) is 5.89. The molecule has 0 aliphatic heterocycles. The van der Waals surface area contributed by atoms with Crippen LogP contribution >= 0.6 is 22.7 Å². The zero-order valence-corrected chi connectivity index (χ0v) is 18.6. The van der Waals surface area contributed by atoms with E-state index in [4.69, 9.17) is 9.47 Å². The highest BCUT2D eigenvalue weighted by Gasteiger charge is 2.19. The molecule has 0 aliphatic carbocycles. The lowest BCUT2D eigenvalue weighted by Gasteiger charge is -2.16. The monoisotopic (exact) mass is 445 g/mol. The molecule has 0 saturated carbocycles. The van der Waals surface area contributed by atoms with Gasteiger partial charge in [-0.3, -0.25) is 9.59 Å². The van der Waals surface area contributed by atoms with Crippen LogP contribution in [0, 0.1) is 0 Å². The van der Waals surface area contributed by atoms with Crippen LogP contribution in [0.15, 0.2) is 41.1 Å². The van der Waals surface area contributed by atoms with Gasteiger partial charge in [0.1, 0.15) is 10.7 Å². The number of nitrogens with zero attached hydrogens (tertiary/aromatic N) is 2. The maximum Gasteiger partial charge on any atom is 0.273 e. The van der Waals surface area contributed by atoms with Crippen molar-refractivity contribution in [3.63, 3.8) is 0 Å². The Morgan fingerprint density at radius 1 is 1.10 bits per heavy atom. The summed E-state index contributed by atoms with van der Waals surface area (Å²) in [5.41, 5.74) is 0.903. The Balaban J connectivity index is 1.61. The van der Waals surface area contributed by atoms with E-state index in [2.05, 4.69) is 10.3 Å². The Morgan fingerprint density at radius 2 is 1.87 bits per heavy atom. The van der Waals surface area contributed by atoms with Gasteiger partial charge in [-0.05, 0) is 37.4 Å². The van der Waals surface area contributed by atoms with E-state index >= 15 is 0 Å². The van der Waals surface area contributed by atoms with E-state index in [1.54, 1.807) is 42.0 Å². The molecule has 2 aromatic heterocycles. The van der Waals surface area contributed by atoms with Crippen LogP contribution in [-0.4, -0.2) is 48.5 Å². The van der Waals surface area contributed by atoms with Crippen LogP contribution in [-0.2, 0) is 4.79 Å². The molecule has 2 amide bonds. The van der Waals surface area contributed by atoms with E-state index in [0.717, 1.165) is 9.88 Å². The first-order valence-electron chi connectivity index (χ1n) is 9.46. The summed E-state index contributed by atoms with van der Waals surface area (Å²) in [6.45, 7) is 4.68. The van der Waals surface area contributed by atoms with Crippen molar-refractivity contribution >= 4 is 40.2 Å². The summed E-state index contributed by atoms with van der Waals surface area (Å²) in [7, 11) is 1.58. The largest absolute Gasteiger partial charge is 0.490 e. The number of likely N-dealkylation sites (N-methyl/N-ethyl adjacent to an activating group) is 1. The number of thiazole rings is 1. The molecule has 0 saturated heterocycles. The summed E-state index contributed by atoms with van der Waals surface area (Å²) in [5.74, 6) is 0.567. The van der Waals surface area contributed by atoms with E-state index in [1.165, 1.54) is 16.2 Å². The van der Waals surface area contributed by atoms with Gasteiger partial charge in [-0.15, -0.1) is 22.7 Å². The number of amides is 2. The molecule has 158 valence electrons. The van der Waals surface area contributed by atoms with Crippen molar-refractivity contribution in [2.24, 2.45) is 0 Å². The number of aromatic nitrogens is 1. The minimum absolute atomic E-state index is 0.0954. The zero-order valence-electron chi connectivity index (χ0n) is 17.0. The topological polar surface area (TPSA) is 80.8 Å². The smallest absolute Gasteiger partial charge is 0.273 e. The van der Waals surface area contributed by atoms with Crippen LogP contribution in [0.25, 0.3) is 9.88 Å². The van der Waals surface area contributed by atoms with Gasteiger partial charge in [0.2, 0.25) is 5.91 Å². The van der Waals surface area contributed by atoms with Crippen LogP contribution in [0.1, 0.15) is 24.3 Å². The summed E-state index contributed by atoms with van der Waals surface area (Å²) in [6, 6.07) is 9.10. The number of carbonyl (C=O) groups is 2. The zero-order chi connectivity index (χ0) is 21.5. The van der Waals surface area contributed by atoms with Crippen molar-refractivity contribution in [1.82, 2.24) is 9.88 Å². The maximum atomic E-state index is 12.6. The normalized spacial score (nSPS) is 10.5. The highest BCUT2D eigenvalue weighted by Crippen LogP contribution is 2.31. The van der Waals surface area contributed by atoms with Gasteiger partial charge in [0.25, 0.3) is 5.91 Å². The van der Waals surface area contributed by atoms with Crippen molar-refractivity contribution in [3.05, 3.63) is 46.8 Å². The van der Waals surface area contributed by atoms with Crippen molar-refractivity contribution in [3.8, 4) is 21.4 Å². The molecule has 1 aromatic carbocycles. The third kappa shape index (κ3) is 5.37. The number of carbonyl (C=O) groups excluding carboxylic acids is 2. The van der Waals surface area contributed by atoms with E-state index in [9.17, 15) is 9.59 Å². The first kappa shape index (κ1) is 21.8. The number of rotatable bonds is 9. The molecule has 0 bridgehead atoms. The second kappa shape index (κ2) is 10.2. The van der Waals surface area contributed by atoms with Gasteiger partial charge in [-0.2, -0.15) is 0 Å². The SMILES string of the molecule is CCOc1ccc(NC(=O)CN(C)C(=O)c2csc(-c3cccs3)n2)cc1OCC. The number of thiophene rings is 1. The molecule has 9 heteroatoms. The van der Waals surface area contributed by atoms with Gasteiger partial charge < -0.3 is 19.7 Å². The van der Waals surface area contributed by atoms with E-state index < -0.39 is 0 Å². The second-order valence-electron chi connectivity index (χ2n) is 6.25. The minimum Gasteiger partial charge on any atom is -0.490 e. The fourth-order valence-corrected chi connectivity index (χ4v) is 4.31. The molecule has 3 aromatic rings. The number of benzene rings is 1. The van der Waals surface area contributed by atoms with E-state index in [0.29, 0.717) is 36.1 Å². The third-order valence-electron chi connectivity index (χ3n) is 4.01. The lowest BCUT2D eigenvalue weighted by molar-refractivity contribution is -0.116. The molecule has 0 unspecified atom stereocenters. The Labute approximate surface area is 183 Å². The van der Waals surface area contributed by atoms with Gasteiger partial charge >= 0.3 is 0 Å². The maximum absolute atomic E-state index is 12.6. The molecule has 0 fully saturated rings. The fraction of sp³-hybridized carbons (Fsp3) is 0.286. The van der Waals surface area contributed by atoms with Crippen LogP contribution in [0.3, 0.4) is 0 Å². The molecule has 2 heterocycles. The van der Waals surface area contributed by atoms with E-state index in [1.807, 2.05) is 31.4 Å². The molecular weight excluding hydrogens is 422 g/mol. The van der Waals surface area contributed by atoms with Gasteiger partial charge in [0.05, 0.1) is 24.6 Å². The molecule has 1 N–H and O–H groups in total. The summed E-state index contributed by atoms with van der Waals surface area (Å²) >= 11 is 2.98. The number of nitrogens with one attached hydrogen (secondary N) is 1. The summed E-state index contributed by atoms with van der Waals surface area (Å²) in [6.07, 6.45) is 0. The molecule has 0 spiro atoms.